The summed E-state index contributed by atoms with van der Waals surface area (Å²) >= 11 is 0. The molecule has 1 atom stereocenters. The Hall–Kier alpha value is -4.12. The van der Waals surface area contributed by atoms with E-state index in [1.165, 1.54) is 11.0 Å². The largest absolute Gasteiger partial charge is 0.442 e. The standard InChI is InChI=1S/C26H27FN6O4/c27-21-15-18(4-6-23(21)32-11-13-36-14-12-32)33-17-19(37-26(33)35)16-31-24(34)7-5-22-20(3-1-8-28-22)25-29-9-2-10-30-25/h1-4,6,8-10,15,19H,5,7,11-14,16-17H2,(H,31,34)/t19-/m0/s1. The molecule has 2 aliphatic rings. The van der Waals surface area contributed by atoms with Crippen molar-refractivity contribution in [3.63, 3.8) is 0 Å². The average Bonchev–Trinajstić information content (AvgIpc) is 3.32. The number of halogens is 1. The van der Waals surface area contributed by atoms with Gasteiger partial charge in [0.2, 0.25) is 5.91 Å². The Kier molecular flexibility index (Phi) is 7.50. The Labute approximate surface area is 213 Å². The van der Waals surface area contributed by atoms with E-state index in [1.54, 1.807) is 42.9 Å². The fourth-order valence-corrected chi connectivity index (χ4v) is 4.39. The first-order chi connectivity index (χ1) is 18.1. The second-order valence-electron chi connectivity index (χ2n) is 8.73. The molecule has 192 valence electrons. The van der Waals surface area contributed by atoms with Crippen LogP contribution in [0.15, 0.2) is 55.0 Å². The molecule has 5 rings (SSSR count). The summed E-state index contributed by atoms with van der Waals surface area (Å²) in [4.78, 5) is 41.1. The molecule has 2 amide bonds. The molecule has 0 unspecified atom stereocenters. The molecule has 2 fully saturated rings. The van der Waals surface area contributed by atoms with E-state index in [4.69, 9.17) is 9.47 Å². The lowest BCUT2D eigenvalue weighted by Gasteiger charge is -2.29. The number of carbonyl (C=O) groups is 2. The number of nitrogens with zero attached hydrogens (tertiary/aromatic N) is 5. The zero-order valence-electron chi connectivity index (χ0n) is 20.2. The smallest absolute Gasteiger partial charge is 0.414 e. The molecular weight excluding hydrogens is 479 g/mol. The van der Waals surface area contributed by atoms with Crippen molar-refractivity contribution in [2.45, 2.75) is 18.9 Å². The lowest BCUT2D eigenvalue weighted by molar-refractivity contribution is -0.121. The van der Waals surface area contributed by atoms with Crippen molar-refractivity contribution in [1.82, 2.24) is 20.3 Å². The predicted molar refractivity (Wildman–Crippen MR) is 134 cm³/mol. The third-order valence-electron chi connectivity index (χ3n) is 6.28. The Morgan fingerprint density at radius 1 is 1.08 bits per heavy atom. The van der Waals surface area contributed by atoms with Crippen LogP contribution in [0.3, 0.4) is 0 Å². The topological polar surface area (TPSA) is 110 Å². The quantitative estimate of drug-likeness (QED) is 0.497. The normalized spacial score (nSPS) is 17.5. The zero-order chi connectivity index (χ0) is 25.6. The molecule has 10 nitrogen and oxygen atoms in total. The van der Waals surface area contributed by atoms with Crippen LogP contribution in [0, 0.1) is 5.82 Å². The minimum Gasteiger partial charge on any atom is -0.442 e. The predicted octanol–water partition coefficient (Wildman–Crippen LogP) is 2.59. The number of nitrogens with one attached hydrogen (secondary N) is 1. The van der Waals surface area contributed by atoms with Crippen LogP contribution in [-0.2, 0) is 20.7 Å². The maximum atomic E-state index is 14.8. The molecule has 2 saturated heterocycles. The van der Waals surface area contributed by atoms with Gasteiger partial charge in [0, 0.05) is 43.7 Å². The van der Waals surface area contributed by atoms with Gasteiger partial charge in [0.1, 0.15) is 11.9 Å². The van der Waals surface area contributed by atoms with Crippen LogP contribution in [0.4, 0.5) is 20.6 Å². The molecule has 0 aliphatic carbocycles. The van der Waals surface area contributed by atoms with Gasteiger partial charge >= 0.3 is 6.09 Å². The molecule has 3 aromatic rings. The van der Waals surface area contributed by atoms with Crippen molar-refractivity contribution in [3.8, 4) is 11.4 Å². The van der Waals surface area contributed by atoms with Crippen molar-refractivity contribution in [2.75, 3.05) is 49.2 Å². The highest BCUT2D eigenvalue weighted by atomic mass is 19.1. The molecule has 1 aromatic carbocycles. The van der Waals surface area contributed by atoms with Gasteiger partial charge in [-0.25, -0.2) is 19.2 Å². The SMILES string of the molecule is O=C(CCc1ncccc1-c1ncccn1)NC[C@H]1CN(c2ccc(N3CCOCC3)c(F)c2)C(=O)O1. The summed E-state index contributed by atoms with van der Waals surface area (Å²) in [6.07, 6.45) is 4.49. The van der Waals surface area contributed by atoms with Crippen molar-refractivity contribution in [1.29, 1.82) is 0 Å². The lowest BCUT2D eigenvalue weighted by Crippen LogP contribution is -2.37. The van der Waals surface area contributed by atoms with E-state index in [0.29, 0.717) is 49.9 Å². The summed E-state index contributed by atoms with van der Waals surface area (Å²) in [7, 11) is 0. The molecule has 11 heteroatoms. The van der Waals surface area contributed by atoms with Crippen LogP contribution in [0.25, 0.3) is 11.4 Å². The maximum Gasteiger partial charge on any atom is 0.414 e. The number of pyridine rings is 1. The van der Waals surface area contributed by atoms with Crippen LogP contribution in [0.1, 0.15) is 12.1 Å². The van der Waals surface area contributed by atoms with Gasteiger partial charge in [0.05, 0.1) is 43.4 Å². The number of morpholine rings is 1. The Morgan fingerprint density at radius 2 is 1.86 bits per heavy atom. The van der Waals surface area contributed by atoms with Gasteiger partial charge in [0.15, 0.2) is 5.82 Å². The van der Waals surface area contributed by atoms with Gasteiger partial charge in [-0.3, -0.25) is 14.7 Å². The first kappa shape index (κ1) is 24.6. The molecular formula is C26H27FN6O4. The van der Waals surface area contributed by atoms with Gasteiger partial charge in [-0.05, 0) is 42.8 Å². The van der Waals surface area contributed by atoms with Crippen LogP contribution in [0.5, 0.6) is 0 Å². The number of cyclic esters (lactones) is 1. The first-order valence-corrected chi connectivity index (χ1v) is 12.2. The molecule has 0 saturated carbocycles. The van der Waals surface area contributed by atoms with Crippen LogP contribution in [0.2, 0.25) is 0 Å². The number of benzene rings is 1. The number of anilines is 2. The minimum absolute atomic E-state index is 0.159. The Bertz CT molecular complexity index is 1250. The number of aromatic nitrogens is 3. The highest BCUT2D eigenvalue weighted by Gasteiger charge is 2.33. The van der Waals surface area contributed by atoms with Gasteiger partial charge in [-0.2, -0.15) is 0 Å². The third kappa shape index (κ3) is 5.83. The van der Waals surface area contributed by atoms with E-state index in [-0.39, 0.29) is 25.4 Å². The van der Waals surface area contributed by atoms with Crippen LogP contribution < -0.4 is 15.1 Å². The summed E-state index contributed by atoms with van der Waals surface area (Å²) in [5.74, 6) is -0.0434. The number of hydrogen-bond acceptors (Lipinski definition) is 8. The molecule has 4 heterocycles. The monoisotopic (exact) mass is 506 g/mol. The fraction of sp³-hybridized carbons (Fsp3) is 0.346. The number of hydrogen-bond donors (Lipinski definition) is 1. The van der Waals surface area contributed by atoms with Crippen molar-refractivity contribution in [2.24, 2.45) is 0 Å². The van der Waals surface area contributed by atoms with E-state index in [9.17, 15) is 14.0 Å². The number of rotatable bonds is 8. The molecule has 0 bridgehead atoms. The number of aryl methyl sites for hydroxylation is 1. The second kappa shape index (κ2) is 11.3. The van der Waals surface area contributed by atoms with E-state index >= 15 is 0 Å². The number of ether oxygens (including phenoxy) is 2. The van der Waals surface area contributed by atoms with E-state index in [0.717, 1.165) is 11.3 Å². The summed E-state index contributed by atoms with van der Waals surface area (Å²) < 4.78 is 25.5. The third-order valence-corrected chi connectivity index (χ3v) is 6.28. The molecule has 0 spiro atoms. The van der Waals surface area contributed by atoms with Gasteiger partial charge in [0.25, 0.3) is 0 Å². The Morgan fingerprint density at radius 3 is 2.65 bits per heavy atom. The minimum atomic E-state index is -0.571. The highest BCUT2D eigenvalue weighted by molar-refractivity contribution is 5.90. The molecule has 37 heavy (non-hydrogen) atoms. The van der Waals surface area contributed by atoms with Gasteiger partial charge < -0.3 is 19.7 Å². The van der Waals surface area contributed by atoms with Gasteiger partial charge in [-0.1, -0.05) is 0 Å². The molecule has 2 aliphatic heterocycles. The Balaban J connectivity index is 1.13. The summed E-state index contributed by atoms with van der Waals surface area (Å²) in [5.41, 5.74) is 2.41. The number of amides is 2. The number of carbonyl (C=O) groups excluding carboxylic acids is 2. The summed E-state index contributed by atoms with van der Waals surface area (Å²) in [5, 5.41) is 2.82. The van der Waals surface area contributed by atoms with Crippen LogP contribution >= 0.6 is 0 Å². The zero-order valence-corrected chi connectivity index (χ0v) is 20.2. The average molecular weight is 507 g/mol. The van der Waals surface area contributed by atoms with Crippen molar-refractivity contribution >= 4 is 23.4 Å². The van der Waals surface area contributed by atoms with E-state index in [1.807, 2.05) is 11.0 Å². The lowest BCUT2D eigenvalue weighted by atomic mass is 10.1. The van der Waals surface area contributed by atoms with Crippen molar-refractivity contribution in [3.05, 3.63) is 66.5 Å². The van der Waals surface area contributed by atoms with E-state index in [2.05, 4.69) is 20.3 Å². The van der Waals surface area contributed by atoms with Crippen LogP contribution in [-0.4, -0.2) is 72.4 Å². The van der Waals surface area contributed by atoms with E-state index < -0.39 is 18.0 Å². The molecule has 0 radical (unpaired) electrons. The highest BCUT2D eigenvalue weighted by Crippen LogP contribution is 2.28. The van der Waals surface area contributed by atoms with Crippen molar-refractivity contribution < 1.29 is 23.5 Å². The summed E-state index contributed by atoms with van der Waals surface area (Å²) in [6.45, 7) is 2.71. The summed E-state index contributed by atoms with van der Waals surface area (Å²) in [6, 6.07) is 10.1. The van der Waals surface area contributed by atoms with Gasteiger partial charge in [-0.15, -0.1) is 0 Å². The second-order valence-corrected chi connectivity index (χ2v) is 8.73. The fourth-order valence-electron chi connectivity index (χ4n) is 4.39. The molecule has 2 aromatic heterocycles. The maximum absolute atomic E-state index is 14.8. The molecule has 1 N–H and O–H groups in total. The first-order valence-electron chi connectivity index (χ1n) is 12.2.